The van der Waals surface area contributed by atoms with Crippen LogP contribution in [0.3, 0.4) is 0 Å². The van der Waals surface area contributed by atoms with Gasteiger partial charge in [-0.3, -0.25) is 4.79 Å². The van der Waals surface area contributed by atoms with Gasteiger partial charge in [0.25, 0.3) is 0 Å². The Kier molecular flexibility index (Phi) is 4.47. The fraction of sp³-hybridized carbons (Fsp3) is 0.286. The number of benzene rings is 2. The van der Waals surface area contributed by atoms with E-state index in [4.69, 9.17) is 4.74 Å². The lowest BCUT2D eigenvalue weighted by atomic mass is 10.0. The smallest absolute Gasteiger partial charge is 0.195 e. The van der Waals surface area contributed by atoms with E-state index in [-0.39, 0.29) is 10.9 Å². The predicted molar refractivity (Wildman–Crippen MR) is 102 cm³/mol. The standard InChI is InChI=1S/C21H21FN2O2/c1-14-5-7-15(8-6-14)13-17-20(25)16-3-2-4-18(22)19(16)23-21(17)24-9-11-26-12-10-24/h2-8H,9-13H2,1H3,(H,23,25). The lowest BCUT2D eigenvalue weighted by molar-refractivity contribution is 0.122. The van der Waals surface area contributed by atoms with Crippen molar-refractivity contribution in [3.63, 3.8) is 0 Å². The maximum Gasteiger partial charge on any atom is 0.195 e. The molecule has 5 heteroatoms. The lowest BCUT2D eigenvalue weighted by Gasteiger charge is -2.30. The van der Waals surface area contributed by atoms with Crippen LogP contribution in [0.5, 0.6) is 0 Å². The fourth-order valence-corrected chi connectivity index (χ4v) is 3.44. The molecule has 4 rings (SSSR count). The molecule has 2 heterocycles. The molecule has 1 fully saturated rings. The first-order valence-electron chi connectivity index (χ1n) is 8.85. The molecule has 0 radical (unpaired) electrons. The molecular formula is C21H21FN2O2. The van der Waals surface area contributed by atoms with Gasteiger partial charge in [0.05, 0.1) is 18.7 Å². The van der Waals surface area contributed by atoms with Crippen LogP contribution in [-0.4, -0.2) is 31.3 Å². The minimum absolute atomic E-state index is 0.111. The van der Waals surface area contributed by atoms with Gasteiger partial charge in [0.15, 0.2) is 5.43 Å². The average molecular weight is 352 g/mol. The number of H-pyrrole nitrogens is 1. The summed E-state index contributed by atoms with van der Waals surface area (Å²) in [6, 6.07) is 12.8. The number of nitrogens with zero attached hydrogens (tertiary/aromatic N) is 1. The van der Waals surface area contributed by atoms with Crippen molar-refractivity contribution < 1.29 is 9.13 Å². The van der Waals surface area contributed by atoms with Gasteiger partial charge < -0.3 is 14.6 Å². The Morgan fingerprint density at radius 3 is 2.58 bits per heavy atom. The quantitative estimate of drug-likeness (QED) is 0.786. The first-order chi connectivity index (χ1) is 12.6. The molecule has 1 saturated heterocycles. The van der Waals surface area contributed by atoms with Gasteiger partial charge in [0.2, 0.25) is 0 Å². The molecule has 0 saturated carbocycles. The van der Waals surface area contributed by atoms with Crippen LogP contribution in [0.4, 0.5) is 10.2 Å². The number of rotatable bonds is 3. The Hall–Kier alpha value is -2.66. The van der Waals surface area contributed by atoms with Gasteiger partial charge >= 0.3 is 0 Å². The lowest BCUT2D eigenvalue weighted by Crippen LogP contribution is -2.38. The highest BCUT2D eigenvalue weighted by Gasteiger charge is 2.20. The van der Waals surface area contributed by atoms with E-state index in [1.165, 1.54) is 11.6 Å². The van der Waals surface area contributed by atoms with Crippen molar-refractivity contribution in [2.75, 3.05) is 31.2 Å². The molecule has 4 nitrogen and oxygen atoms in total. The molecule has 0 spiro atoms. The van der Waals surface area contributed by atoms with Gasteiger partial charge in [0, 0.05) is 30.5 Å². The second kappa shape index (κ2) is 6.92. The SMILES string of the molecule is Cc1ccc(Cc2c(N3CCOCC3)[nH]c3c(F)cccc3c2=O)cc1. The number of para-hydroxylation sites is 1. The summed E-state index contributed by atoms with van der Waals surface area (Å²) < 4.78 is 19.7. The third-order valence-corrected chi connectivity index (χ3v) is 4.89. The van der Waals surface area contributed by atoms with E-state index in [9.17, 15) is 9.18 Å². The van der Waals surface area contributed by atoms with Gasteiger partial charge in [-0.15, -0.1) is 0 Å². The van der Waals surface area contributed by atoms with Crippen LogP contribution >= 0.6 is 0 Å². The van der Waals surface area contributed by atoms with E-state index < -0.39 is 5.82 Å². The van der Waals surface area contributed by atoms with Crippen LogP contribution in [0.1, 0.15) is 16.7 Å². The maximum absolute atomic E-state index is 14.3. The largest absolute Gasteiger partial charge is 0.378 e. The number of nitrogens with one attached hydrogen (secondary N) is 1. The summed E-state index contributed by atoms with van der Waals surface area (Å²) in [5.41, 5.74) is 3.07. The topological polar surface area (TPSA) is 45.3 Å². The zero-order valence-electron chi connectivity index (χ0n) is 14.7. The molecule has 1 N–H and O–H groups in total. The monoisotopic (exact) mass is 352 g/mol. The van der Waals surface area contributed by atoms with Crippen molar-refractivity contribution in [2.45, 2.75) is 13.3 Å². The van der Waals surface area contributed by atoms with Crippen LogP contribution in [0.15, 0.2) is 47.3 Å². The molecule has 1 aromatic heterocycles. The third-order valence-electron chi connectivity index (χ3n) is 4.89. The number of morpholine rings is 1. The number of aryl methyl sites for hydroxylation is 1. The summed E-state index contributed by atoms with van der Waals surface area (Å²) >= 11 is 0. The Labute approximate surface area is 151 Å². The second-order valence-electron chi connectivity index (χ2n) is 6.71. The normalized spacial score (nSPS) is 14.8. The van der Waals surface area contributed by atoms with Crippen LogP contribution in [0.25, 0.3) is 10.9 Å². The zero-order chi connectivity index (χ0) is 18.1. The summed E-state index contributed by atoms with van der Waals surface area (Å²) in [6.45, 7) is 4.59. The predicted octanol–water partition coefficient (Wildman–Crippen LogP) is 3.40. The zero-order valence-corrected chi connectivity index (χ0v) is 14.7. The molecule has 0 aliphatic carbocycles. The highest BCUT2D eigenvalue weighted by atomic mass is 19.1. The highest BCUT2D eigenvalue weighted by molar-refractivity contribution is 5.82. The van der Waals surface area contributed by atoms with Gasteiger partial charge in [-0.05, 0) is 24.6 Å². The molecule has 2 aromatic carbocycles. The van der Waals surface area contributed by atoms with Crippen molar-refractivity contribution in [3.05, 3.63) is 75.2 Å². The highest BCUT2D eigenvalue weighted by Crippen LogP contribution is 2.24. The number of aromatic nitrogens is 1. The van der Waals surface area contributed by atoms with E-state index in [1.807, 2.05) is 31.2 Å². The summed E-state index contributed by atoms with van der Waals surface area (Å²) in [5, 5.41) is 0.393. The Morgan fingerprint density at radius 1 is 1.12 bits per heavy atom. The number of hydrogen-bond acceptors (Lipinski definition) is 3. The maximum atomic E-state index is 14.3. The molecule has 26 heavy (non-hydrogen) atoms. The van der Waals surface area contributed by atoms with Gasteiger partial charge in [0.1, 0.15) is 11.6 Å². The van der Waals surface area contributed by atoms with E-state index in [1.54, 1.807) is 12.1 Å². The van der Waals surface area contributed by atoms with Crippen molar-refractivity contribution in [1.29, 1.82) is 0 Å². The molecule has 0 amide bonds. The van der Waals surface area contributed by atoms with E-state index in [0.717, 1.165) is 5.56 Å². The first-order valence-corrected chi connectivity index (χ1v) is 8.85. The molecular weight excluding hydrogens is 331 g/mol. The van der Waals surface area contributed by atoms with E-state index in [0.29, 0.717) is 49.5 Å². The molecule has 0 atom stereocenters. The number of ether oxygens (including phenoxy) is 1. The molecule has 3 aromatic rings. The van der Waals surface area contributed by atoms with Crippen LogP contribution in [-0.2, 0) is 11.2 Å². The van der Waals surface area contributed by atoms with Crippen molar-refractivity contribution >= 4 is 16.7 Å². The minimum Gasteiger partial charge on any atom is -0.378 e. The number of halogens is 1. The summed E-state index contributed by atoms with van der Waals surface area (Å²) in [5.74, 6) is 0.299. The molecule has 134 valence electrons. The van der Waals surface area contributed by atoms with Crippen LogP contribution in [0, 0.1) is 12.7 Å². The molecule has 0 unspecified atom stereocenters. The minimum atomic E-state index is -0.406. The molecule has 0 bridgehead atoms. The Balaban J connectivity index is 1.88. The Morgan fingerprint density at radius 2 is 1.85 bits per heavy atom. The van der Waals surface area contributed by atoms with Crippen molar-refractivity contribution in [3.8, 4) is 0 Å². The number of aromatic amines is 1. The van der Waals surface area contributed by atoms with Gasteiger partial charge in [-0.25, -0.2) is 4.39 Å². The van der Waals surface area contributed by atoms with Gasteiger partial charge in [-0.1, -0.05) is 35.9 Å². The van der Waals surface area contributed by atoms with Crippen molar-refractivity contribution in [2.24, 2.45) is 0 Å². The van der Waals surface area contributed by atoms with Crippen LogP contribution < -0.4 is 10.3 Å². The molecule has 1 aliphatic rings. The fourth-order valence-electron chi connectivity index (χ4n) is 3.44. The van der Waals surface area contributed by atoms with Crippen molar-refractivity contribution in [1.82, 2.24) is 4.98 Å². The number of hydrogen-bond donors (Lipinski definition) is 1. The second-order valence-corrected chi connectivity index (χ2v) is 6.71. The number of anilines is 1. The summed E-state index contributed by atoms with van der Waals surface area (Å²) in [6.07, 6.45) is 0.509. The average Bonchev–Trinajstić information content (AvgIpc) is 2.67. The number of pyridine rings is 1. The Bertz CT molecular complexity index is 989. The van der Waals surface area contributed by atoms with Crippen LogP contribution in [0.2, 0.25) is 0 Å². The summed E-state index contributed by atoms with van der Waals surface area (Å²) in [4.78, 5) is 18.5. The third kappa shape index (κ3) is 3.10. The first kappa shape index (κ1) is 16.8. The molecule has 1 aliphatic heterocycles. The van der Waals surface area contributed by atoms with Gasteiger partial charge in [-0.2, -0.15) is 0 Å². The number of fused-ring (bicyclic) bond motifs is 1. The summed E-state index contributed by atoms with van der Waals surface area (Å²) in [7, 11) is 0. The van der Waals surface area contributed by atoms with E-state index in [2.05, 4.69) is 9.88 Å². The van der Waals surface area contributed by atoms with E-state index >= 15 is 0 Å².